The lowest BCUT2D eigenvalue weighted by atomic mass is 10.0. The van der Waals surface area contributed by atoms with E-state index in [4.69, 9.17) is 40.5 Å². The van der Waals surface area contributed by atoms with Crippen molar-refractivity contribution in [2.75, 3.05) is 0 Å². The van der Waals surface area contributed by atoms with Crippen LogP contribution in [0.25, 0.3) is 0 Å². The summed E-state index contributed by atoms with van der Waals surface area (Å²) in [5, 5.41) is 0.388. The lowest BCUT2D eigenvalue weighted by Crippen LogP contribution is -2.13. The highest BCUT2D eigenvalue weighted by Gasteiger charge is 2.20. The Morgan fingerprint density at radius 3 is 2.39 bits per heavy atom. The van der Waals surface area contributed by atoms with E-state index in [1.54, 1.807) is 6.07 Å². The Morgan fingerprint density at radius 2 is 1.83 bits per heavy atom. The highest BCUT2D eigenvalue weighted by Crippen LogP contribution is 2.38. The third-order valence-electron chi connectivity index (χ3n) is 2.39. The van der Waals surface area contributed by atoms with Crippen molar-refractivity contribution in [3.63, 3.8) is 0 Å². The van der Waals surface area contributed by atoms with E-state index in [1.165, 1.54) is 23.5 Å². The molecule has 0 aliphatic rings. The molecule has 2 aromatic rings. The van der Waals surface area contributed by atoms with Gasteiger partial charge in [-0.1, -0.05) is 34.8 Å². The van der Waals surface area contributed by atoms with Gasteiger partial charge in [0.1, 0.15) is 5.82 Å². The highest BCUT2D eigenvalue weighted by molar-refractivity contribution is 9.10. The number of hydrogen-bond acceptors (Lipinski definition) is 2. The van der Waals surface area contributed by atoms with Crippen LogP contribution in [0.3, 0.4) is 0 Å². The third-order valence-corrected chi connectivity index (χ3v) is 5.11. The first kappa shape index (κ1) is 14.6. The van der Waals surface area contributed by atoms with Gasteiger partial charge in [0.05, 0.1) is 19.7 Å². The van der Waals surface area contributed by atoms with Crippen molar-refractivity contribution < 1.29 is 4.39 Å². The van der Waals surface area contributed by atoms with Crippen LogP contribution in [0.1, 0.15) is 17.2 Å². The van der Waals surface area contributed by atoms with Gasteiger partial charge >= 0.3 is 0 Å². The summed E-state index contributed by atoms with van der Waals surface area (Å²) < 4.78 is 15.3. The van der Waals surface area contributed by atoms with Gasteiger partial charge in [-0.05, 0) is 34.1 Å². The zero-order chi connectivity index (χ0) is 13.4. The molecule has 7 heteroatoms. The van der Waals surface area contributed by atoms with Gasteiger partial charge in [0.15, 0.2) is 0 Å². The largest absolute Gasteiger partial charge is 0.320 e. The number of thiophene rings is 1. The van der Waals surface area contributed by atoms with Crippen LogP contribution in [-0.2, 0) is 0 Å². The lowest BCUT2D eigenvalue weighted by Gasteiger charge is -2.13. The average Bonchev–Trinajstić information content (AvgIpc) is 2.62. The Bertz CT molecular complexity index is 602. The van der Waals surface area contributed by atoms with E-state index < -0.39 is 11.9 Å². The predicted molar refractivity (Wildman–Crippen MR) is 79.5 cm³/mol. The molecule has 1 heterocycles. The fraction of sp³-hybridized carbons (Fsp3) is 0.0909. The Hall–Kier alpha value is 0.160. The number of benzene rings is 1. The van der Waals surface area contributed by atoms with Crippen molar-refractivity contribution in [2.45, 2.75) is 6.04 Å². The zero-order valence-electron chi connectivity index (χ0n) is 8.68. The van der Waals surface area contributed by atoms with Crippen LogP contribution in [0.5, 0.6) is 0 Å². The molecule has 0 spiro atoms. The molecular weight excluding hydrogens is 383 g/mol. The topological polar surface area (TPSA) is 26.0 Å². The van der Waals surface area contributed by atoms with Gasteiger partial charge in [0.2, 0.25) is 0 Å². The third kappa shape index (κ3) is 2.84. The molecule has 2 N–H and O–H groups in total. The number of hydrogen-bond donors (Lipinski definition) is 1. The standard InChI is InChI=1S/C11H6BrCl3FNS/c12-6-3-8(16)4(1-7(6)13)10(17)5-2-9(14)18-11(5)15/h1-3,10H,17H2. The van der Waals surface area contributed by atoms with Crippen LogP contribution in [0, 0.1) is 5.82 Å². The first-order valence-corrected chi connectivity index (χ1v) is 7.49. The smallest absolute Gasteiger partial charge is 0.129 e. The molecule has 96 valence electrons. The van der Waals surface area contributed by atoms with Gasteiger partial charge in [-0.2, -0.15) is 0 Å². The van der Waals surface area contributed by atoms with E-state index in [9.17, 15) is 4.39 Å². The van der Waals surface area contributed by atoms with E-state index >= 15 is 0 Å². The van der Waals surface area contributed by atoms with Crippen LogP contribution in [0.4, 0.5) is 4.39 Å². The van der Waals surface area contributed by atoms with Crippen LogP contribution >= 0.6 is 62.1 Å². The molecule has 18 heavy (non-hydrogen) atoms. The van der Waals surface area contributed by atoms with E-state index in [2.05, 4.69) is 15.9 Å². The highest BCUT2D eigenvalue weighted by atomic mass is 79.9. The van der Waals surface area contributed by atoms with Gasteiger partial charge in [0.25, 0.3) is 0 Å². The van der Waals surface area contributed by atoms with Gasteiger partial charge in [-0.15, -0.1) is 11.3 Å². The number of nitrogens with two attached hydrogens (primary N) is 1. The molecule has 0 saturated carbocycles. The quantitative estimate of drug-likeness (QED) is 0.659. The second-order valence-corrected chi connectivity index (χ2v) is 7.09. The number of rotatable bonds is 2. The summed E-state index contributed by atoms with van der Waals surface area (Å²) in [5.74, 6) is -0.447. The van der Waals surface area contributed by atoms with Crippen molar-refractivity contribution in [3.05, 3.63) is 53.3 Å². The molecule has 1 atom stereocenters. The summed E-state index contributed by atoms with van der Waals surface area (Å²) in [6.07, 6.45) is 0. The van der Waals surface area contributed by atoms with Crippen LogP contribution in [-0.4, -0.2) is 0 Å². The van der Waals surface area contributed by atoms with E-state index in [-0.39, 0.29) is 5.56 Å². The second-order valence-electron chi connectivity index (χ2n) is 3.55. The van der Waals surface area contributed by atoms with E-state index in [0.717, 1.165) is 0 Å². The summed E-state index contributed by atoms with van der Waals surface area (Å²) in [4.78, 5) is 0. The molecule has 2 rings (SSSR count). The monoisotopic (exact) mass is 387 g/mol. The van der Waals surface area contributed by atoms with Crippen molar-refractivity contribution in [1.82, 2.24) is 0 Å². The fourth-order valence-electron chi connectivity index (χ4n) is 1.51. The SMILES string of the molecule is NC(c1cc(Cl)c(Br)cc1F)c1cc(Cl)sc1Cl. The van der Waals surface area contributed by atoms with Gasteiger partial charge in [-0.25, -0.2) is 4.39 Å². The summed E-state index contributed by atoms with van der Waals surface area (Å²) in [6.45, 7) is 0. The Morgan fingerprint density at radius 1 is 1.17 bits per heavy atom. The van der Waals surface area contributed by atoms with Crippen LogP contribution in [0.15, 0.2) is 22.7 Å². The average molecular weight is 390 g/mol. The molecule has 0 aliphatic heterocycles. The van der Waals surface area contributed by atoms with E-state index in [1.807, 2.05) is 0 Å². The predicted octanol–water partition coefficient (Wildman–Crippen LogP) is 5.66. The maximum Gasteiger partial charge on any atom is 0.129 e. The van der Waals surface area contributed by atoms with Crippen LogP contribution in [0.2, 0.25) is 13.7 Å². The van der Waals surface area contributed by atoms with Gasteiger partial charge in [0, 0.05) is 15.6 Å². The van der Waals surface area contributed by atoms with Crippen molar-refractivity contribution in [1.29, 1.82) is 0 Å². The summed E-state index contributed by atoms with van der Waals surface area (Å²) in [7, 11) is 0. The molecule has 1 nitrogen and oxygen atoms in total. The van der Waals surface area contributed by atoms with Crippen molar-refractivity contribution >= 4 is 62.1 Å². The Labute approximate surface area is 131 Å². The molecule has 1 unspecified atom stereocenters. The minimum atomic E-state index is -0.702. The minimum Gasteiger partial charge on any atom is -0.320 e. The molecule has 0 fully saturated rings. The molecule has 1 aromatic heterocycles. The molecule has 0 saturated heterocycles. The second kappa shape index (κ2) is 5.65. The minimum absolute atomic E-state index is 0.277. The molecule has 0 bridgehead atoms. The first-order chi connectivity index (χ1) is 8.40. The Balaban J connectivity index is 2.49. The lowest BCUT2D eigenvalue weighted by molar-refractivity contribution is 0.599. The zero-order valence-corrected chi connectivity index (χ0v) is 13.4. The molecule has 1 aromatic carbocycles. The molecular formula is C11H6BrCl3FNS. The van der Waals surface area contributed by atoms with Crippen LogP contribution < -0.4 is 5.73 Å². The van der Waals surface area contributed by atoms with Gasteiger partial charge < -0.3 is 5.73 Å². The molecule has 0 radical (unpaired) electrons. The van der Waals surface area contributed by atoms with E-state index in [0.29, 0.717) is 23.7 Å². The van der Waals surface area contributed by atoms with Gasteiger partial charge in [-0.3, -0.25) is 0 Å². The van der Waals surface area contributed by atoms with Crippen molar-refractivity contribution in [2.24, 2.45) is 5.73 Å². The summed E-state index contributed by atoms with van der Waals surface area (Å²) >= 11 is 22.1. The maximum atomic E-state index is 13.9. The van der Waals surface area contributed by atoms with Crippen molar-refractivity contribution in [3.8, 4) is 0 Å². The summed E-state index contributed by atoms with van der Waals surface area (Å²) in [5.41, 5.74) is 6.86. The number of halogens is 5. The molecule has 0 aliphatic carbocycles. The normalized spacial score (nSPS) is 12.8. The maximum absolute atomic E-state index is 13.9. The summed E-state index contributed by atoms with van der Waals surface area (Å²) in [6, 6.07) is 3.69. The Kier molecular flexibility index (Phi) is 4.57. The molecule has 0 amide bonds. The fourth-order valence-corrected chi connectivity index (χ4v) is 3.55. The first-order valence-electron chi connectivity index (χ1n) is 4.75.